The molecule has 5 nitrogen and oxygen atoms in total. The van der Waals surface area contributed by atoms with E-state index in [1.54, 1.807) is 0 Å². The molecule has 1 N–H and O–H groups in total. The van der Waals surface area contributed by atoms with Crippen molar-refractivity contribution < 1.29 is 17.9 Å². The van der Waals surface area contributed by atoms with E-state index in [0.717, 1.165) is 25.7 Å². The van der Waals surface area contributed by atoms with Gasteiger partial charge in [0.2, 0.25) is 0 Å². The van der Waals surface area contributed by atoms with E-state index in [2.05, 4.69) is 5.32 Å². The third kappa shape index (κ3) is 5.10. The van der Waals surface area contributed by atoms with Crippen LogP contribution in [0.4, 0.5) is 0 Å². The SMILES string of the molecule is O=C(CNC1CCS(=O)(=O)C1)OC1CCCCCC1. The van der Waals surface area contributed by atoms with Crippen LogP contribution in [0, 0.1) is 0 Å². The largest absolute Gasteiger partial charge is 0.461 e. The summed E-state index contributed by atoms with van der Waals surface area (Å²) in [7, 11) is -2.89. The van der Waals surface area contributed by atoms with Crippen LogP contribution in [-0.2, 0) is 19.4 Å². The van der Waals surface area contributed by atoms with Gasteiger partial charge in [0.25, 0.3) is 0 Å². The summed E-state index contributed by atoms with van der Waals surface area (Å²) >= 11 is 0. The summed E-state index contributed by atoms with van der Waals surface area (Å²) in [4.78, 5) is 11.7. The van der Waals surface area contributed by atoms with Gasteiger partial charge in [-0.05, 0) is 32.1 Å². The third-order valence-electron chi connectivity index (χ3n) is 3.87. The van der Waals surface area contributed by atoms with Crippen molar-refractivity contribution in [1.82, 2.24) is 5.32 Å². The Bertz CT molecular complexity index is 399. The van der Waals surface area contributed by atoms with E-state index in [9.17, 15) is 13.2 Å². The highest BCUT2D eigenvalue weighted by atomic mass is 32.2. The number of carbonyl (C=O) groups excluding carboxylic acids is 1. The average Bonchev–Trinajstić information content (AvgIpc) is 2.55. The quantitative estimate of drug-likeness (QED) is 0.618. The van der Waals surface area contributed by atoms with E-state index in [4.69, 9.17) is 4.74 Å². The molecule has 2 rings (SSSR count). The summed E-state index contributed by atoms with van der Waals surface area (Å²) in [5.41, 5.74) is 0. The molecule has 0 aromatic rings. The van der Waals surface area contributed by atoms with Gasteiger partial charge in [-0.2, -0.15) is 0 Å². The molecule has 1 heterocycles. The van der Waals surface area contributed by atoms with Gasteiger partial charge in [0.1, 0.15) is 6.10 Å². The van der Waals surface area contributed by atoms with E-state index < -0.39 is 9.84 Å². The summed E-state index contributed by atoms with van der Waals surface area (Å²) in [6, 6.07) is -0.0910. The van der Waals surface area contributed by atoms with E-state index in [1.807, 2.05) is 0 Å². The molecule has 0 aromatic carbocycles. The van der Waals surface area contributed by atoms with E-state index >= 15 is 0 Å². The van der Waals surface area contributed by atoms with E-state index in [1.165, 1.54) is 12.8 Å². The zero-order chi connectivity index (χ0) is 13.7. The number of ether oxygens (including phenoxy) is 1. The minimum atomic E-state index is -2.89. The maximum absolute atomic E-state index is 11.7. The van der Waals surface area contributed by atoms with Crippen molar-refractivity contribution in [1.29, 1.82) is 0 Å². The maximum atomic E-state index is 11.7. The number of nitrogens with one attached hydrogen (secondary N) is 1. The molecular weight excluding hydrogens is 266 g/mol. The Kier molecular flexibility index (Phi) is 5.21. The van der Waals surface area contributed by atoms with Crippen molar-refractivity contribution in [3.8, 4) is 0 Å². The maximum Gasteiger partial charge on any atom is 0.320 e. The highest BCUT2D eigenvalue weighted by Crippen LogP contribution is 2.19. The van der Waals surface area contributed by atoms with Crippen molar-refractivity contribution in [2.24, 2.45) is 0 Å². The topological polar surface area (TPSA) is 72.5 Å². The minimum absolute atomic E-state index is 0.0594. The van der Waals surface area contributed by atoms with Gasteiger partial charge in [-0.15, -0.1) is 0 Å². The van der Waals surface area contributed by atoms with Crippen molar-refractivity contribution >= 4 is 15.8 Å². The van der Waals surface area contributed by atoms with Crippen LogP contribution >= 0.6 is 0 Å². The number of sulfone groups is 1. The molecule has 1 saturated carbocycles. The molecule has 0 bridgehead atoms. The summed E-state index contributed by atoms with van der Waals surface area (Å²) in [6.07, 6.45) is 7.30. The Hall–Kier alpha value is -0.620. The second-order valence-electron chi connectivity index (χ2n) is 5.58. The van der Waals surface area contributed by atoms with Gasteiger partial charge in [0.05, 0.1) is 18.1 Å². The molecule has 0 radical (unpaired) electrons. The molecule has 0 spiro atoms. The van der Waals surface area contributed by atoms with Gasteiger partial charge in [-0.25, -0.2) is 8.42 Å². The second-order valence-corrected chi connectivity index (χ2v) is 7.81. The van der Waals surface area contributed by atoms with E-state index in [-0.39, 0.29) is 36.2 Å². The van der Waals surface area contributed by atoms with E-state index in [0.29, 0.717) is 6.42 Å². The molecule has 1 saturated heterocycles. The molecule has 1 aliphatic heterocycles. The van der Waals surface area contributed by atoms with Gasteiger partial charge in [0.15, 0.2) is 9.84 Å². The summed E-state index contributed by atoms with van der Waals surface area (Å²) in [6.45, 7) is 0.122. The van der Waals surface area contributed by atoms with Gasteiger partial charge in [0, 0.05) is 6.04 Å². The lowest BCUT2D eigenvalue weighted by Gasteiger charge is -2.16. The fourth-order valence-corrected chi connectivity index (χ4v) is 4.48. The molecule has 2 fully saturated rings. The molecule has 1 atom stereocenters. The highest BCUT2D eigenvalue weighted by molar-refractivity contribution is 7.91. The van der Waals surface area contributed by atoms with Crippen molar-refractivity contribution in [3.63, 3.8) is 0 Å². The number of esters is 1. The first-order valence-electron chi connectivity index (χ1n) is 7.18. The minimum Gasteiger partial charge on any atom is -0.461 e. The lowest BCUT2D eigenvalue weighted by molar-refractivity contribution is -0.148. The van der Waals surface area contributed by atoms with Crippen molar-refractivity contribution in [3.05, 3.63) is 0 Å². The fourth-order valence-electron chi connectivity index (χ4n) is 2.77. The van der Waals surface area contributed by atoms with Crippen LogP contribution in [0.2, 0.25) is 0 Å². The first-order chi connectivity index (χ1) is 9.05. The molecular formula is C13H23NO4S. The number of rotatable bonds is 4. The van der Waals surface area contributed by atoms with Gasteiger partial charge in [-0.3, -0.25) is 4.79 Å². The Morgan fingerprint density at radius 2 is 1.79 bits per heavy atom. The zero-order valence-corrected chi connectivity index (χ0v) is 12.1. The lowest BCUT2D eigenvalue weighted by Crippen LogP contribution is -2.36. The van der Waals surface area contributed by atoms with Gasteiger partial charge < -0.3 is 10.1 Å². The fraction of sp³-hybridized carbons (Fsp3) is 0.923. The Balaban J connectivity index is 1.67. The van der Waals surface area contributed by atoms with Crippen LogP contribution in [0.25, 0.3) is 0 Å². The van der Waals surface area contributed by atoms with Crippen LogP contribution < -0.4 is 5.32 Å². The van der Waals surface area contributed by atoms with Gasteiger partial charge >= 0.3 is 5.97 Å². The molecule has 1 aliphatic carbocycles. The lowest BCUT2D eigenvalue weighted by atomic mass is 10.1. The van der Waals surface area contributed by atoms with Crippen LogP contribution in [0.15, 0.2) is 0 Å². The Morgan fingerprint density at radius 3 is 2.37 bits per heavy atom. The number of hydrogen-bond acceptors (Lipinski definition) is 5. The highest BCUT2D eigenvalue weighted by Gasteiger charge is 2.28. The zero-order valence-electron chi connectivity index (χ0n) is 11.3. The monoisotopic (exact) mass is 289 g/mol. The molecule has 1 unspecified atom stereocenters. The van der Waals surface area contributed by atoms with Crippen LogP contribution in [-0.4, -0.2) is 44.6 Å². The molecule has 2 aliphatic rings. The molecule has 0 aromatic heterocycles. The smallest absolute Gasteiger partial charge is 0.320 e. The van der Waals surface area contributed by atoms with Crippen LogP contribution in [0.3, 0.4) is 0 Å². The Labute approximate surface area is 115 Å². The van der Waals surface area contributed by atoms with Crippen LogP contribution in [0.5, 0.6) is 0 Å². The molecule has 6 heteroatoms. The van der Waals surface area contributed by atoms with Crippen molar-refractivity contribution in [2.75, 3.05) is 18.1 Å². The first kappa shape index (κ1) is 14.8. The third-order valence-corrected chi connectivity index (χ3v) is 5.64. The number of hydrogen-bond donors (Lipinski definition) is 1. The standard InChI is InChI=1S/C13H23NO4S/c15-13(18-12-5-3-1-2-4-6-12)9-14-11-7-8-19(16,17)10-11/h11-12,14H,1-10H2. The molecule has 19 heavy (non-hydrogen) atoms. The second kappa shape index (κ2) is 6.70. The molecule has 0 amide bonds. The summed E-state index contributed by atoms with van der Waals surface area (Å²) in [5.74, 6) is 0.114. The normalized spacial score (nSPS) is 27.9. The predicted octanol–water partition coefficient (Wildman–Crippen LogP) is 1.03. The molecule has 110 valence electrons. The Morgan fingerprint density at radius 1 is 1.11 bits per heavy atom. The predicted molar refractivity (Wildman–Crippen MR) is 72.6 cm³/mol. The summed E-state index contributed by atoms with van der Waals surface area (Å²) < 4.78 is 28.0. The average molecular weight is 289 g/mol. The van der Waals surface area contributed by atoms with Gasteiger partial charge in [-0.1, -0.05) is 12.8 Å². The first-order valence-corrected chi connectivity index (χ1v) is 9.00. The van der Waals surface area contributed by atoms with Crippen LogP contribution in [0.1, 0.15) is 44.9 Å². The van der Waals surface area contributed by atoms with Crippen molar-refractivity contribution in [2.45, 2.75) is 57.1 Å². The summed E-state index contributed by atoms with van der Waals surface area (Å²) in [5, 5.41) is 2.99. The number of carbonyl (C=O) groups is 1.